The van der Waals surface area contributed by atoms with E-state index in [2.05, 4.69) is 21.4 Å². The topological polar surface area (TPSA) is 200 Å². The molecule has 6 aromatic rings. The number of hydrogen-bond acceptors (Lipinski definition) is 12. The number of pyridine rings is 2. The van der Waals surface area contributed by atoms with Crippen LogP contribution in [0.25, 0.3) is 11.1 Å². The van der Waals surface area contributed by atoms with E-state index in [1.807, 2.05) is 50.2 Å². The van der Waals surface area contributed by atoms with Gasteiger partial charge in [-0.25, -0.2) is 0 Å². The molecule has 0 amide bonds. The van der Waals surface area contributed by atoms with Crippen molar-refractivity contribution in [1.29, 1.82) is 10.7 Å². The maximum atomic E-state index is 11.8. The van der Waals surface area contributed by atoms with Crippen LogP contribution in [-0.2, 0) is 44.4 Å². The fourth-order valence-electron chi connectivity index (χ4n) is 6.78. The predicted molar refractivity (Wildman–Crippen MR) is 239 cm³/mol. The Bertz CT molecular complexity index is 2650. The predicted octanol–water partition coefficient (Wildman–Crippen LogP) is 8.67. The Morgan fingerprint density at radius 2 is 1.29 bits per heavy atom. The van der Waals surface area contributed by atoms with Crippen molar-refractivity contribution in [2.75, 3.05) is 0 Å². The molecular weight excluding hydrogens is 845 g/mol. The molecule has 15 heteroatoms. The smallest absolute Gasteiger partial charge is 0.323 e. The number of carbonyl (C=O) groups is 1. The zero-order chi connectivity index (χ0) is 45.0. The molecule has 2 heterocycles. The third-order valence-corrected chi connectivity index (χ3v) is 10.9. The van der Waals surface area contributed by atoms with Crippen molar-refractivity contribution < 1.29 is 39.1 Å². The number of aliphatic hydroxyl groups excluding tert-OH is 2. The van der Waals surface area contributed by atoms with E-state index in [9.17, 15) is 25.4 Å². The molecule has 0 saturated heterocycles. The Morgan fingerprint density at radius 1 is 0.762 bits per heavy atom. The van der Waals surface area contributed by atoms with E-state index < -0.39 is 18.1 Å². The Morgan fingerprint density at radius 3 is 1.81 bits per heavy atom. The second kappa shape index (κ2) is 21.5. The van der Waals surface area contributed by atoms with Crippen molar-refractivity contribution in [2.45, 2.75) is 72.5 Å². The molecule has 0 fully saturated rings. The van der Waals surface area contributed by atoms with Gasteiger partial charge in [-0.2, -0.15) is 5.26 Å². The van der Waals surface area contributed by atoms with Crippen LogP contribution >= 0.6 is 23.2 Å². The highest BCUT2D eigenvalue weighted by atomic mass is 35.5. The summed E-state index contributed by atoms with van der Waals surface area (Å²) in [6.07, 6.45) is 6.31. The first-order valence-electron chi connectivity index (χ1n) is 19.8. The van der Waals surface area contributed by atoms with E-state index in [0.29, 0.717) is 61.4 Å². The van der Waals surface area contributed by atoms with Crippen molar-refractivity contribution >= 4 is 35.4 Å². The lowest BCUT2D eigenvalue weighted by Crippen LogP contribution is -2.44. The molecule has 0 spiro atoms. The number of aliphatic hydroxyl groups is 2. The lowest BCUT2D eigenvalue weighted by Gasteiger charge is -2.20. The molecule has 0 saturated carbocycles. The van der Waals surface area contributed by atoms with Crippen LogP contribution < -0.4 is 24.3 Å². The average Bonchev–Trinajstić information content (AvgIpc) is 3.28. The lowest BCUT2D eigenvalue weighted by molar-refractivity contribution is -0.142. The van der Waals surface area contributed by atoms with Gasteiger partial charge < -0.3 is 39.7 Å². The number of nitriles is 1. The number of rotatable bonds is 20. The molecule has 0 bridgehead atoms. The number of benzene rings is 4. The molecule has 2 aromatic heterocycles. The Balaban J connectivity index is 1.19. The van der Waals surface area contributed by atoms with Gasteiger partial charge in [0, 0.05) is 77.5 Å². The highest BCUT2D eigenvalue weighted by molar-refractivity contribution is 6.32. The first-order valence-corrected chi connectivity index (χ1v) is 20.5. The summed E-state index contributed by atoms with van der Waals surface area (Å²) in [4.78, 5) is 20.0. The van der Waals surface area contributed by atoms with Crippen molar-refractivity contribution in [1.82, 2.24) is 15.3 Å². The van der Waals surface area contributed by atoms with E-state index in [4.69, 9.17) is 47.6 Å². The molecule has 0 aliphatic carbocycles. The minimum absolute atomic E-state index is 0.0254. The highest BCUT2D eigenvalue weighted by Gasteiger charge is 2.24. The summed E-state index contributed by atoms with van der Waals surface area (Å²) in [6.45, 7) is 5.76. The summed E-state index contributed by atoms with van der Waals surface area (Å²) >= 11 is 13.4. The van der Waals surface area contributed by atoms with Crippen LogP contribution in [0.5, 0.6) is 23.0 Å². The number of nitrogens with one attached hydrogen (secondary N) is 2. The van der Waals surface area contributed by atoms with Crippen molar-refractivity contribution in [3.8, 4) is 40.2 Å². The SMILES string of the molecule is Cc1c(COc2cc(OCc3cncc(C#N)c3)c(CO)cc2Cl)cccc1-c1cccc(COc2cc(OCc3cncc(C=N)c3)c(CN[C@H](C(=O)O)[C@@H](C)O)cc2Cl)c1C. The van der Waals surface area contributed by atoms with E-state index in [0.717, 1.165) is 33.4 Å². The number of ether oxygens (including phenoxy) is 4. The normalized spacial score (nSPS) is 11.9. The molecule has 0 unspecified atom stereocenters. The van der Waals surface area contributed by atoms with Gasteiger partial charge in [0.05, 0.1) is 28.3 Å². The summed E-state index contributed by atoms with van der Waals surface area (Å²) in [6, 6.07) is 22.8. The number of hydrogen-bond donors (Lipinski definition) is 5. The van der Waals surface area contributed by atoms with E-state index in [1.54, 1.807) is 55.0 Å². The van der Waals surface area contributed by atoms with Crippen LogP contribution in [0.3, 0.4) is 0 Å². The Hall–Kier alpha value is -6.53. The van der Waals surface area contributed by atoms with Crippen molar-refractivity contribution in [2.24, 2.45) is 0 Å². The van der Waals surface area contributed by atoms with Crippen LogP contribution in [0.2, 0.25) is 10.0 Å². The average molecular weight is 891 g/mol. The minimum Gasteiger partial charge on any atom is -0.488 e. The maximum absolute atomic E-state index is 11.8. The van der Waals surface area contributed by atoms with E-state index in [-0.39, 0.29) is 44.6 Å². The van der Waals surface area contributed by atoms with Crippen LogP contribution in [-0.4, -0.2) is 49.6 Å². The van der Waals surface area contributed by atoms with Gasteiger partial charge in [0.1, 0.15) is 61.5 Å². The van der Waals surface area contributed by atoms with Crippen LogP contribution in [0.1, 0.15) is 62.6 Å². The number of carboxylic acid groups (broad SMARTS) is 1. The van der Waals surface area contributed by atoms with Crippen molar-refractivity contribution in [3.05, 3.63) is 163 Å². The van der Waals surface area contributed by atoms with Crippen LogP contribution in [0, 0.1) is 30.6 Å². The van der Waals surface area contributed by atoms with Gasteiger partial charge in [0.15, 0.2) is 0 Å². The molecule has 0 aliphatic rings. The van der Waals surface area contributed by atoms with Gasteiger partial charge in [-0.1, -0.05) is 59.6 Å². The second-order valence-electron chi connectivity index (χ2n) is 14.7. The first-order chi connectivity index (χ1) is 30.4. The molecule has 5 N–H and O–H groups in total. The molecule has 6 rings (SSSR count). The molecule has 0 radical (unpaired) electrons. The summed E-state index contributed by atoms with van der Waals surface area (Å²) in [5.41, 5.74) is 9.28. The third-order valence-electron chi connectivity index (χ3n) is 10.3. The molecule has 2 atom stereocenters. The van der Waals surface area contributed by atoms with Gasteiger partial charge in [-0.3, -0.25) is 20.1 Å². The first kappa shape index (κ1) is 46.0. The summed E-state index contributed by atoms with van der Waals surface area (Å²) in [7, 11) is 0. The zero-order valence-corrected chi connectivity index (χ0v) is 36.2. The van der Waals surface area contributed by atoms with Crippen LogP contribution in [0.4, 0.5) is 0 Å². The fourth-order valence-corrected chi connectivity index (χ4v) is 7.26. The largest absolute Gasteiger partial charge is 0.488 e. The zero-order valence-electron chi connectivity index (χ0n) is 34.7. The van der Waals surface area contributed by atoms with Gasteiger partial charge in [-0.05, 0) is 78.4 Å². The third kappa shape index (κ3) is 11.7. The minimum atomic E-state index is -1.23. The molecule has 324 valence electrons. The number of aromatic nitrogens is 2. The van der Waals surface area contributed by atoms with Gasteiger partial charge in [0.2, 0.25) is 0 Å². The molecule has 0 aliphatic heterocycles. The van der Waals surface area contributed by atoms with Gasteiger partial charge in [-0.15, -0.1) is 0 Å². The second-order valence-corrected chi connectivity index (χ2v) is 15.5. The van der Waals surface area contributed by atoms with Crippen LogP contribution in [0.15, 0.2) is 97.6 Å². The number of aliphatic carboxylic acids is 1. The summed E-state index contributed by atoms with van der Waals surface area (Å²) in [5.74, 6) is 0.291. The molecular formula is C48H45Cl2N5O8. The summed E-state index contributed by atoms with van der Waals surface area (Å²) in [5, 5.41) is 49.9. The maximum Gasteiger partial charge on any atom is 0.323 e. The fraction of sp³-hybridized carbons (Fsp3) is 0.229. The van der Waals surface area contributed by atoms with Gasteiger partial charge >= 0.3 is 5.97 Å². The molecule has 13 nitrogen and oxygen atoms in total. The number of nitrogens with zero attached hydrogens (tertiary/aromatic N) is 3. The van der Waals surface area contributed by atoms with Gasteiger partial charge in [0.25, 0.3) is 0 Å². The monoisotopic (exact) mass is 889 g/mol. The highest BCUT2D eigenvalue weighted by Crippen LogP contribution is 2.37. The Labute approximate surface area is 374 Å². The van der Waals surface area contributed by atoms with E-state index in [1.165, 1.54) is 19.3 Å². The van der Waals surface area contributed by atoms with Crippen molar-refractivity contribution in [3.63, 3.8) is 0 Å². The Kier molecular flexibility index (Phi) is 15.7. The van der Waals surface area contributed by atoms with E-state index >= 15 is 0 Å². The summed E-state index contributed by atoms with van der Waals surface area (Å²) < 4.78 is 24.8. The molecule has 63 heavy (non-hydrogen) atoms. The molecule has 4 aromatic carbocycles. The number of carboxylic acids is 1. The lowest BCUT2D eigenvalue weighted by atomic mass is 9.92. The number of halogens is 2. The standard InChI is InChI=1S/C48H45Cl2N5O8/c1-28-35(26-62-45-14-43(60-24-33-10-31(16-51)18-53-20-33)37(12-41(45)49)22-55-47(30(3)57)48(58)59)6-4-8-39(28)40-9-5-7-36(29(40)2)27-63-46-15-44(38(23-56)13-42(46)50)61-25-34-11-32(17-52)19-54-21-34/h4-16,18-21,30,47,51,55-57H,22-27H2,1-3H3,(H,58,59)/t30-,47+/m1/s1. The quantitative estimate of drug-likeness (QED) is 0.0458.